The fourth-order valence-corrected chi connectivity index (χ4v) is 3.33. The number of rotatable bonds is 6. The van der Waals surface area contributed by atoms with Gasteiger partial charge in [0.05, 0.1) is 17.1 Å². The van der Waals surface area contributed by atoms with Crippen LogP contribution in [-0.4, -0.2) is 19.1 Å². The second-order valence-electron chi connectivity index (χ2n) is 7.38. The lowest BCUT2D eigenvalue weighted by Gasteiger charge is -2.11. The van der Waals surface area contributed by atoms with Gasteiger partial charge in [0.2, 0.25) is 0 Å². The lowest BCUT2D eigenvalue weighted by molar-refractivity contribution is 0.0964. The van der Waals surface area contributed by atoms with Gasteiger partial charge >= 0.3 is 0 Å². The van der Waals surface area contributed by atoms with Gasteiger partial charge in [0, 0.05) is 12.6 Å². The van der Waals surface area contributed by atoms with Crippen LogP contribution >= 0.6 is 0 Å². The van der Waals surface area contributed by atoms with Crippen molar-refractivity contribution in [3.8, 4) is 28.6 Å². The maximum atomic E-state index is 15.2. The first-order valence-electron chi connectivity index (χ1n) is 10.0. The molecule has 5 nitrogen and oxygen atoms in total. The van der Waals surface area contributed by atoms with Crippen molar-refractivity contribution in [2.75, 3.05) is 7.05 Å². The molecule has 0 aliphatic rings. The quantitative estimate of drug-likeness (QED) is 0.384. The number of nitrogens with one attached hydrogen (secondary N) is 1. The first-order valence-corrected chi connectivity index (χ1v) is 10.0. The molecule has 0 saturated heterocycles. The van der Waals surface area contributed by atoms with E-state index in [1.807, 2.05) is 0 Å². The third-order valence-electron chi connectivity index (χ3n) is 4.74. The van der Waals surface area contributed by atoms with Gasteiger partial charge in [0.1, 0.15) is 28.7 Å². The molecule has 0 spiro atoms. The number of hydrogen-bond donors (Lipinski definition) is 1. The number of amides is 1. The van der Waals surface area contributed by atoms with Crippen LogP contribution in [0, 0.1) is 11.6 Å². The molecule has 0 aliphatic carbocycles. The molecule has 1 N–H and O–H groups in total. The number of carbonyl (C=O) groups is 1. The molecule has 164 valence electrons. The van der Waals surface area contributed by atoms with Gasteiger partial charge in [-0.15, -0.1) is 0 Å². The Hall–Kier alpha value is -3.87. The van der Waals surface area contributed by atoms with Gasteiger partial charge in [-0.25, -0.2) is 8.78 Å². The first-order chi connectivity index (χ1) is 15.4. The molecule has 0 fully saturated rings. The van der Waals surface area contributed by atoms with Crippen molar-refractivity contribution in [3.63, 3.8) is 0 Å². The summed E-state index contributed by atoms with van der Waals surface area (Å²) in [4.78, 5) is 12.7. The zero-order valence-corrected chi connectivity index (χ0v) is 17.7. The zero-order chi connectivity index (χ0) is 22.8. The van der Waals surface area contributed by atoms with E-state index >= 15 is 4.39 Å². The van der Waals surface area contributed by atoms with Gasteiger partial charge in [-0.2, -0.15) is 0 Å². The Bertz CT molecular complexity index is 1260. The summed E-state index contributed by atoms with van der Waals surface area (Å²) in [6.45, 7) is 3.58. The SMILES string of the molecule is CNC(=O)c1c(-c2ccc(Oc3ccc(F)cc3)cc2)oc2ccc(OC(C)C)c(F)c12. The Morgan fingerprint density at radius 1 is 0.938 bits per heavy atom. The molecule has 32 heavy (non-hydrogen) atoms. The lowest BCUT2D eigenvalue weighted by atomic mass is 10.0. The molecule has 0 unspecified atom stereocenters. The minimum Gasteiger partial charge on any atom is -0.488 e. The van der Waals surface area contributed by atoms with Crippen LogP contribution in [0.15, 0.2) is 65.1 Å². The third-order valence-corrected chi connectivity index (χ3v) is 4.74. The highest BCUT2D eigenvalue weighted by Gasteiger charge is 2.26. The van der Waals surface area contributed by atoms with Crippen LogP contribution in [-0.2, 0) is 0 Å². The highest BCUT2D eigenvalue weighted by Crippen LogP contribution is 2.38. The Morgan fingerprint density at radius 2 is 1.56 bits per heavy atom. The Labute approximate surface area is 183 Å². The van der Waals surface area contributed by atoms with E-state index in [1.165, 1.54) is 37.4 Å². The van der Waals surface area contributed by atoms with E-state index in [0.717, 1.165) is 0 Å². The Morgan fingerprint density at radius 3 is 2.16 bits per heavy atom. The zero-order valence-electron chi connectivity index (χ0n) is 17.7. The van der Waals surface area contributed by atoms with E-state index in [4.69, 9.17) is 13.9 Å². The van der Waals surface area contributed by atoms with Crippen LogP contribution in [0.5, 0.6) is 17.2 Å². The molecule has 1 amide bonds. The van der Waals surface area contributed by atoms with Crippen LogP contribution in [0.1, 0.15) is 24.2 Å². The van der Waals surface area contributed by atoms with Crippen molar-refractivity contribution in [3.05, 3.63) is 77.9 Å². The number of carbonyl (C=O) groups excluding carboxylic acids is 1. The van der Waals surface area contributed by atoms with Crippen molar-refractivity contribution < 1.29 is 27.5 Å². The van der Waals surface area contributed by atoms with E-state index in [2.05, 4.69) is 5.32 Å². The van der Waals surface area contributed by atoms with E-state index in [-0.39, 0.29) is 40.0 Å². The summed E-state index contributed by atoms with van der Waals surface area (Å²) in [5.41, 5.74) is 0.886. The largest absolute Gasteiger partial charge is 0.488 e. The number of fused-ring (bicyclic) bond motifs is 1. The minimum atomic E-state index is -0.652. The highest BCUT2D eigenvalue weighted by molar-refractivity contribution is 6.11. The first kappa shape index (κ1) is 21.4. The molecule has 1 heterocycles. The molecule has 1 aromatic heterocycles. The predicted molar refractivity (Wildman–Crippen MR) is 117 cm³/mol. The highest BCUT2D eigenvalue weighted by atomic mass is 19.1. The van der Waals surface area contributed by atoms with E-state index in [9.17, 15) is 9.18 Å². The molecule has 0 radical (unpaired) electrons. The molecular formula is C25H21F2NO4. The van der Waals surface area contributed by atoms with Crippen molar-refractivity contribution in [1.82, 2.24) is 5.32 Å². The Balaban J connectivity index is 1.75. The van der Waals surface area contributed by atoms with Crippen molar-refractivity contribution in [2.24, 2.45) is 0 Å². The molecule has 4 aromatic rings. The van der Waals surface area contributed by atoms with Crippen molar-refractivity contribution in [2.45, 2.75) is 20.0 Å². The summed E-state index contributed by atoms with van der Waals surface area (Å²) >= 11 is 0. The van der Waals surface area contributed by atoms with Crippen molar-refractivity contribution in [1.29, 1.82) is 0 Å². The second-order valence-corrected chi connectivity index (χ2v) is 7.38. The summed E-state index contributed by atoms with van der Waals surface area (Å²) in [5.74, 6) is -0.215. The van der Waals surface area contributed by atoms with Crippen LogP contribution in [0.2, 0.25) is 0 Å². The number of ether oxygens (including phenoxy) is 2. The fourth-order valence-electron chi connectivity index (χ4n) is 3.33. The van der Waals surface area contributed by atoms with E-state index in [1.54, 1.807) is 44.2 Å². The smallest absolute Gasteiger partial charge is 0.255 e. The number of furan rings is 1. The van der Waals surface area contributed by atoms with Gasteiger partial charge in [0.15, 0.2) is 11.6 Å². The van der Waals surface area contributed by atoms with Gasteiger partial charge < -0.3 is 19.2 Å². The molecule has 0 atom stereocenters. The van der Waals surface area contributed by atoms with Gasteiger partial charge in [-0.3, -0.25) is 4.79 Å². The number of hydrogen-bond acceptors (Lipinski definition) is 4. The topological polar surface area (TPSA) is 60.7 Å². The van der Waals surface area contributed by atoms with Crippen molar-refractivity contribution >= 4 is 16.9 Å². The summed E-state index contributed by atoms with van der Waals surface area (Å²) < 4.78 is 45.4. The monoisotopic (exact) mass is 437 g/mol. The van der Waals surface area contributed by atoms with Gasteiger partial charge in [-0.05, 0) is 74.5 Å². The summed E-state index contributed by atoms with van der Waals surface area (Å²) in [6.07, 6.45) is -0.231. The van der Waals surface area contributed by atoms with Gasteiger partial charge in [0.25, 0.3) is 5.91 Å². The van der Waals surface area contributed by atoms with E-state index < -0.39 is 11.7 Å². The number of benzene rings is 3. The Kier molecular flexibility index (Phi) is 5.81. The molecule has 4 rings (SSSR count). The third kappa shape index (κ3) is 4.14. The summed E-state index contributed by atoms with van der Waals surface area (Å²) in [5, 5.41) is 2.60. The average Bonchev–Trinajstić information content (AvgIpc) is 3.17. The maximum absolute atomic E-state index is 15.2. The molecule has 7 heteroatoms. The van der Waals surface area contributed by atoms with Crippen LogP contribution in [0.25, 0.3) is 22.3 Å². The standard InChI is InChI=1S/C25H21F2NO4/c1-14(2)30-20-13-12-19-21(23(20)27)22(25(29)28-3)24(32-19)15-4-8-17(9-5-15)31-18-10-6-16(26)7-11-18/h4-14H,1-3H3,(H,28,29). The normalized spacial score (nSPS) is 11.1. The predicted octanol–water partition coefficient (Wildman–Crippen LogP) is 6.32. The molecule has 0 aliphatic heterocycles. The molecule has 3 aromatic carbocycles. The van der Waals surface area contributed by atoms with Crippen LogP contribution < -0.4 is 14.8 Å². The van der Waals surface area contributed by atoms with Crippen LogP contribution in [0.4, 0.5) is 8.78 Å². The summed E-state index contributed by atoms with van der Waals surface area (Å²) in [6, 6.07) is 15.5. The molecular weight excluding hydrogens is 416 g/mol. The molecule has 0 saturated carbocycles. The average molecular weight is 437 g/mol. The second kappa shape index (κ2) is 8.70. The maximum Gasteiger partial charge on any atom is 0.255 e. The number of halogens is 2. The van der Waals surface area contributed by atoms with Crippen LogP contribution in [0.3, 0.4) is 0 Å². The molecule has 0 bridgehead atoms. The fraction of sp³-hybridized carbons (Fsp3) is 0.160. The van der Waals surface area contributed by atoms with Gasteiger partial charge in [-0.1, -0.05) is 0 Å². The van der Waals surface area contributed by atoms with E-state index in [0.29, 0.717) is 17.1 Å². The summed E-state index contributed by atoms with van der Waals surface area (Å²) in [7, 11) is 1.47. The minimum absolute atomic E-state index is 0.0491. The lowest BCUT2D eigenvalue weighted by Crippen LogP contribution is -2.18.